The number of unbranched alkanes of at least 4 members (excludes halogenated alkanes) is 34. The highest BCUT2D eigenvalue weighted by Gasteiger charge is 2.19. The van der Waals surface area contributed by atoms with E-state index in [9.17, 15) is 14.4 Å². The lowest BCUT2D eigenvalue weighted by Crippen LogP contribution is -2.30. The molecule has 0 saturated heterocycles. The summed E-state index contributed by atoms with van der Waals surface area (Å²) in [6, 6.07) is 0. The standard InChI is InChI=1S/C73H126O6/c1-4-7-10-13-16-19-22-25-28-29-30-31-32-33-34-35-36-37-38-39-40-41-42-43-46-48-51-54-57-60-63-66-72(75)78-69-70(79-73(76)67-64-61-58-55-52-49-45-27-24-21-18-15-12-9-6-3)68-77-71(74)65-62-59-56-53-50-47-44-26-23-20-17-14-11-8-5-2/h8-9,11-12,17-18,20-21,26-27,44-45,50,52-53,55,70H,4-7,10,13-16,19,22-25,28-43,46-49,51,54,56-69H2,1-3H3/b11-8-,12-9-,20-17-,21-18-,44-26-,45-27-,53-50-,55-52-. The number of rotatable bonds is 61. The first-order valence-electron chi connectivity index (χ1n) is 33.7. The fourth-order valence-corrected chi connectivity index (χ4v) is 9.60. The Kier molecular flexibility index (Phi) is 63.7. The largest absolute Gasteiger partial charge is 0.462 e. The monoisotopic (exact) mass is 1100 g/mol. The number of carbonyl (C=O) groups excluding carboxylic acids is 3. The van der Waals surface area contributed by atoms with Crippen molar-refractivity contribution in [2.24, 2.45) is 0 Å². The zero-order chi connectivity index (χ0) is 57.1. The van der Waals surface area contributed by atoms with Crippen molar-refractivity contribution in [3.63, 3.8) is 0 Å². The van der Waals surface area contributed by atoms with Crippen LogP contribution in [0.1, 0.15) is 329 Å². The predicted molar refractivity (Wildman–Crippen MR) is 344 cm³/mol. The molecule has 0 aliphatic heterocycles. The maximum absolute atomic E-state index is 12.9. The van der Waals surface area contributed by atoms with E-state index in [-0.39, 0.29) is 37.5 Å². The Morgan fingerprint density at radius 2 is 0.494 bits per heavy atom. The van der Waals surface area contributed by atoms with Crippen LogP contribution in [0.5, 0.6) is 0 Å². The Labute approximate surface area is 489 Å². The van der Waals surface area contributed by atoms with Crippen molar-refractivity contribution >= 4 is 17.9 Å². The molecule has 0 N–H and O–H groups in total. The maximum Gasteiger partial charge on any atom is 0.306 e. The van der Waals surface area contributed by atoms with Gasteiger partial charge >= 0.3 is 17.9 Å². The van der Waals surface area contributed by atoms with Gasteiger partial charge < -0.3 is 14.2 Å². The van der Waals surface area contributed by atoms with Crippen LogP contribution in [0.15, 0.2) is 97.2 Å². The van der Waals surface area contributed by atoms with E-state index in [0.717, 1.165) is 96.3 Å². The predicted octanol–water partition coefficient (Wildman–Crippen LogP) is 23.2. The fourth-order valence-electron chi connectivity index (χ4n) is 9.60. The van der Waals surface area contributed by atoms with Crippen LogP contribution in [0.25, 0.3) is 0 Å². The van der Waals surface area contributed by atoms with Gasteiger partial charge in [0.15, 0.2) is 6.10 Å². The summed E-state index contributed by atoms with van der Waals surface area (Å²) in [5, 5.41) is 0. The lowest BCUT2D eigenvalue weighted by atomic mass is 10.0. The average Bonchev–Trinajstić information content (AvgIpc) is 3.45. The molecule has 0 bridgehead atoms. The third-order valence-corrected chi connectivity index (χ3v) is 14.6. The first-order chi connectivity index (χ1) is 39.0. The third-order valence-electron chi connectivity index (χ3n) is 14.6. The van der Waals surface area contributed by atoms with Gasteiger partial charge in [-0.25, -0.2) is 0 Å². The van der Waals surface area contributed by atoms with Crippen molar-refractivity contribution in [2.75, 3.05) is 13.2 Å². The molecule has 0 rings (SSSR count). The van der Waals surface area contributed by atoms with E-state index >= 15 is 0 Å². The van der Waals surface area contributed by atoms with Crippen LogP contribution >= 0.6 is 0 Å². The van der Waals surface area contributed by atoms with Gasteiger partial charge in [0.05, 0.1) is 0 Å². The molecule has 0 aromatic heterocycles. The number of allylic oxidation sites excluding steroid dienone is 16. The second-order valence-corrected chi connectivity index (χ2v) is 22.3. The highest BCUT2D eigenvalue weighted by Crippen LogP contribution is 2.18. The molecule has 0 heterocycles. The molecule has 454 valence electrons. The molecule has 0 spiro atoms. The molecule has 6 heteroatoms. The Hall–Kier alpha value is -3.67. The Morgan fingerprint density at radius 3 is 0.772 bits per heavy atom. The van der Waals surface area contributed by atoms with Gasteiger partial charge in [0.1, 0.15) is 13.2 Å². The molecular formula is C73H126O6. The van der Waals surface area contributed by atoms with Gasteiger partial charge in [-0.05, 0) is 96.3 Å². The second-order valence-electron chi connectivity index (χ2n) is 22.3. The lowest BCUT2D eigenvalue weighted by molar-refractivity contribution is -0.167. The van der Waals surface area contributed by atoms with Crippen molar-refractivity contribution in [3.8, 4) is 0 Å². The van der Waals surface area contributed by atoms with E-state index in [1.165, 1.54) is 180 Å². The van der Waals surface area contributed by atoms with Crippen LogP contribution in [0.3, 0.4) is 0 Å². The van der Waals surface area contributed by atoms with Gasteiger partial charge in [-0.1, -0.05) is 311 Å². The zero-order valence-corrected chi connectivity index (χ0v) is 52.1. The minimum Gasteiger partial charge on any atom is -0.462 e. The van der Waals surface area contributed by atoms with Crippen LogP contribution in [0, 0.1) is 0 Å². The summed E-state index contributed by atoms with van der Waals surface area (Å²) in [4.78, 5) is 38.3. The van der Waals surface area contributed by atoms with Crippen LogP contribution in [-0.2, 0) is 28.6 Å². The first-order valence-corrected chi connectivity index (χ1v) is 33.7. The highest BCUT2D eigenvalue weighted by atomic mass is 16.6. The van der Waals surface area contributed by atoms with Crippen molar-refractivity contribution in [2.45, 2.75) is 335 Å². The molecule has 0 amide bonds. The molecule has 0 aromatic carbocycles. The van der Waals surface area contributed by atoms with Crippen LogP contribution in [-0.4, -0.2) is 37.2 Å². The summed E-state index contributed by atoms with van der Waals surface area (Å²) in [5.41, 5.74) is 0. The minimum atomic E-state index is -0.817. The molecule has 0 fully saturated rings. The fraction of sp³-hybridized carbons (Fsp3) is 0.740. The summed E-state index contributed by atoms with van der Waals surface area (Å²) >= 11 is 0. The second kappa shape index (κ2) is 66.8. The molecule has 0 aliphatic carbocycles. The molecule has 0 radical (unpaired) electrons. The van der Waals surface area contributed by atoms with E-state index in [4.69, 9.17) is 14.2 Å². The SMILES string of the molecule is CC/C=C\C/C=C\C/C=C\C/C=C\CCCCC(=O)OCC(COC(=O)CCCCCCCCCCCCCCCCCCCCCCCCCCCCCCCCC)OC(=O)CCCC/C=C\C/C=C\C/C=C\C/C=C\CC. The number of esters is 3. The average molecular weight is 1100 g/mol. The first kappa shape index (κ1) is 75.3. The van der Waals surface area contributed by atoms with Crippen molar-refractivity contribution in [3.05, 3.63) is 97.2 Å². The summed E-state index contributed by atoms with van der Waals surface area (Å²) in [6.07, 6.45) is 90.3. The molecule has 6 nitrogen and oxygen atoms in total. The summed E-state index contributed by atoms with van der Waals surface area (Å²) in [7, 11) is 0. The summed E-state index contributed by atoms with van der Waals surface area (Å²) in [5.74, 6) is -0.982. The van der Waals surface area contributed by atoms with Gasteiger partial charge in [0.2, 0.25) is 0 Å². The molecule has 0 aliphatic rings. The smallest absolute Gasteiger partial charge is 0.306 e. The van der Waals surface area contributed by atoms with Gasteiger partial charge in [0, 0.05) is 19.3 Å². The normalized spacial score (nSPS) is 12.7. The van der Waals surface area contributed by atoms with Gasteiger partial charge in [0.25, 0.3) is 0 Å². The number of carbonyl (C=O) groups is 3. The highest BCUT2D eigenvalue weighted by molar-refractivity contribution is 5.71. The number of ether oxygens (including phenoxy) is 3. The van der Waals surface area contributed by atoms with Crippen molar-refractivity contribution in [1.82, 2.24) is 0 Å². The van der Waals surface area contributed by atoms with Gasteiger partial charge in [-0.2, -0.15) is 0 Å². The molecule has 1 unspecified atom stereocenters. The van der Waals surface area contributed by atoms with E-state index in [1.54, 1.807) is 0 Å². The van der Waals surface area contributed by atoms with Crippen LogP contribution < -0.4 is 0 Å². The molecule has 1 atom stereocenters. The zero-order valence-electron chi connectivity index (χ0n) is 52.1. The molecule has 0 aromatic rings. The Bertz CT molecular complexity index is 1540. The van der Waals surface area contributed by atoms with E-state index in [1.807, 2.05) is 0 Å². The number of hydrogen-bond acceptors (Lipinski definition) is 6. The van der Waals surface area contributed by atoms with E-state index in [2.05, 4.69) is 118 Å². The van der Waals surface area contributed by atoms with E-state index < -0.39 is 6.10 Å². The lowest BCUT2D eigenvalue weighted by Gasteiger charge is -2.18. The van der Waals surface area contributed by atoms with Crippen LogP contribution in [0.2, 0.25) is 0 Å². The summed E-state index contributed by atoms with van der Waals surface area (Å²) < 4.78 is 16.8. The third kappa shape index (κ3) is 65.0. The van der Waals surface area contributed by atoms with Gasteiger partial charge in [-0.15, -0.1) is 0 Å². The van der Waals surface area contributed by atoms with Crippen LogP contribution in [0.4, 0.5) is 0 Å². The maximum atomic E-state index is 12.9. The summed E-state index contributed by atoms with van der Waals surface area (Å²) in [6.45, 7) is 6.37. The van der Waals surface area contributed by atoms with Crippen molar-refractivity contribution < 1.29 is 28.6 Å². The van der Waals surface area contributed by atoms with Gasteiger partial charge in [-0.3, -0.25) is 14.4 Å². The quantitative estimate of drug-likeness (QED) is 0.0261. The molecular weight excluding hydrogens is 973 g/mol. The number of hydrogen-bond donors (Lipinski definition) is 0. The molecule has 79 heavy (non-hydrogen) atoms. The Morgan fingerprint density at radius 1 is 0.266 bits per heavy atom. The van der Waals surface area contributed by atoms with E-state index in [0.29, 0.717) is 25.7 Å². The topological polar surface area (TPSA) is 78.9 Å². The Balaban J connectivity index is 4.22. The molecule has 0 saturated carbocycles. The minimum absolute atomic E-state index is 0.106. The van der Waals surface area contributed by atoms with Crippen molar-refractivity contribution in [1.29, 1.82) is 0 Å².